The van der Waals surface area contributed by atoms with E-state index in [1.54, 1.807) is 0 Å². The summed E-state index contributed by atoms with van der Waals surface area (Å²) < 4.78 is 0. The standard InChI is InChI=1S/C17H31NOS/c1-4-7-17(18-19-6-3)16-10-8-15(9-11-16)12-14(5-2)13-20/h8,10,14-15,18,20H,4-7,9,11-13H2,1-3H3. The molecule has 116 valence electrons. The molecule has 20 heavy (non-hydrogen) atoms. The summed E-state index contributed by atoms with van der Waals surface area (Å²) >= 11 is 4.45. The molecule has 0 aromatic heterocycles. The molecule has 0 fully saturated rings. The first kappa shape index (κ1) is 17.6. The predicted octanol–water partition coefficient (Wildman–Crippen LogP) is 4.89. The van der Waals surface area contributed by atoms with Gasteiger partial charge in [0.05, 0.1) is 6.61 Å². The van der Waals surface area contributed by atoms with Gasteiger partial charge >= 0.3 is 0 Å². The highest BCUT2D eigenvalue weighted by atomic mass is 32.1. The summed E-state index contributed by atoms with van der Waals surface area (Å²) in [5, 5.41) is 0. The smallest absolute Gasteiger partial charge is 0.0717 e. The van der Waals surface area contributed by atoms with E-state index in [4.69, 9.17) is 4.84 Å². The summed E-state index contributed by atoms with van der Waals surface area (Å²) in [6.45, 7) is 7.19. The van der Waals surface area contributed by atoms with Crippen molar-refractivity contribution in [2.45, 2.75) is 59.3 Å². The first-order chi connectivity index (χ1) is 9.74. The Kier molecular flexibility index (Phi) is 9.12. The SMILES string of the molecule is CCCC(NOCC)=C1C=CC(CC(CC)CS)CC1. The van der Waals surface area contributed by atoms with Crippen LogP contribution in [0.15, 0.2) is 23.4 Å². The monoisotopic (exact) mass is 297 g/mol. The zero-order valence-electron chi connectivity index (χ0n) is 13.3. The molecule has 0 bridgehead atoms. The lowest BCUT2D eigenvalue weighted by atomic mass is 9.84. The lowest BCUT2D eigenvalue weighted by Crippen LogP contribution is -2.18. The van der Waals surface area contributed by atoms with E-state index in [1.807, 2.05) is 6.92 Å². The third-order valence-electron chi connectivity index (χ3n) is 4.05. The third-order valence-corrected chi connectivity index (χ3v) is 4.57. The minimum Gasteiger partial charge on any atom is -0.277 e. The Labute approximate surface area is 130 Å². The Bertz CT molecular complexity index is 321. The van der Waals surface area contributed by atoms with Crippen LogP contribution in [0.4, 0.5) is 0 Å². The van der Waals surface area contributed by atoms with Crippen LogP contribution in [0, 0.1) is 11.8 Å². The van der Waals surface area contributed by atoms with Crippen LogP contribution in [0.1, 0.15) is 59.3 Å². The predicted molar refractivity (Wildman–Crippen MR) is 90.8 cm³/mol. The van der Waals surface area contributed by atoms with E-state index < -0.39 is 0 Å². The highest BCUT2D eigenvalue weighted by Gasteiger charge is 2.17. The summed E-state index contributed by atoms with van der Waals surface area (Å²) in [6, 6.07) is 0. The number of allylic oxidation sites excluding steroid dienone is 4. The fourth-order valence-corrected chi connectivity index (χ4v) is 3.11. The van der Waals surface area contributed by atoms with Gasteiger partial charge in [-0.2, -0.15) is 12.6 Å². The quantitative estimate of drug-likeness (QED) is 0.467. The van der Waals surface area contributed by atoms with Crippen molar-refractivity contribution in [3.63, 3.8) is 0 Å². The lowest BCUT2D eigenvalue weighted by Gasteiger charge is -2.24. The molecule has 0 spiro atoms. The van der Waals surface area contributed by atoms with Crippen molar-refractivity contribution in [2.24, 2.45) is 11.8 Å². The molecule has 0 heterocycles. The van der Waals surface area contributed by atoms with Crippen molar-refractivity contribution in [2.75, 3.05) is 12.4 Å². The average Bonchev–Trinajstić information content (AvgIpc) is 2.49. The zero-order valence-corrected chi connectivity index (χ0v) is 14.2. The molecule has 1 rings (SSSR count). The first-order valence-corrected chi connectivity index (χ1v) is 8.77. The van der Waals surface area contributed by atoms with Crippen LogP contribution in [0.25, 0.3) is 0 Å². The number of nitrogens with one attached hydrogen (secondary N) is 1. The normalized spacial score (nSPS) is 22.7. The Hall–Kier alpha value is -0.410. The highest BCUT2D eigenvalue weighted by Crippen LogP contribution is 2.30. The van der Waals surface area contributed by atoms with Gasteiger partial charge in [-0.25, -0.2) is 0 Å². The van der Waals surface area contributed by atoms with Crippen LogP contribution < -0.4 is 5.48 Å². The molecular formula is C17H31NOS. The van der Waals surface area contributed by atoms with Gasteiger partial charge < -0.3 is 0 Å². The second kappa shape index (κ2) is 10.3. The molecule has 3 heteroatoms. The maximum absolute atomic E-state index is 5.38. The molecule has 0 aromatic rings. The van der Waals surface area contributed by atoms with Crippen LogP contribution in [-0.4, -0.2) is 12.4 Å². The van der Waals surface area contributed by atoms with Crippen LogP contribution in [-0.2, 0) is 4.84 Å². The van der Waals surface area contributed by atoms with Crippen molar-refractivity contribution in [3.8, 4) is 0 Å². The van der Waals surface area contributed by atoms with Gasteiger partial charge in [0.2, 0.25) is 0 Å². The van der Waals surface area contributed by atoms with Crippen LogP contribution >= 0.6 is 12.6 Å². The molecule has 0 radical (unpaired) electrons. The van der Waals surface area contributed by atoms with E-state index in [1.165, 1.54) is 37.0 Å². The van der Waals surface area contributed by atoms with E-state index in [-0.39, 0.29) is 0 Å². The van der Waals surface area contributed by atoms with Crippen molar-refractivity contribution in [1.82, 2.24) is 5.48 Å². The topological polar surface area (TPSA) is 21.3 Å². The highest BCUT2D eigenvalue weighted by molar-refractivity contribution is 7.80. The van der Waals surface area contributed by atoms with Crippen LogP contribution in [0.2, 0.25) is 0 Å². The Morgan fingerprint density at radius 2 is 2.25 bits per heavy atom. The molecule has 0 amide bonds. The number of thiol groups is 1. The molecular weight excluding hydrogens is 266 g/mol. The molecule has 0 saturated heterocycles. The molecule has 2 nitrogen and oxygen atoms in total. The summed E-state index contributed by atoms with van der Waals surface area (Å²) in [4.78, 5) is 5.38. The van der Waals surface area contributed by atoms with E-state index >= 15 is 0 Å². The molecule has 0 aromatic carbocycles. The Morgan fingerprint density at radius 3 is 2.75 bits per heavy atom. The molecule has 1 aliphatic carbocycles. The number of rotatable bonds is 9. The summed E-state index contributed by atoms with van der Waals surface area (Å²) in [5.74, 6) is 2.50. The van der Waals surface area contributed by atoms with E-state index in [0.717, 1.165) is 30.4 Å². The van der Waals surface area contributed by atoms with Gasteiger partial charge in [0.25, 0.3) is 0 Å². The molecule has 0 aliphatic heterocycles. The molecule has 0 saturated carbocycles. The zero-order chi connectivity index (χ0) is 14.8. The van der Waals surface area contributed by atoms with Gasteiger partial charge in [0.1, 0.15) is 0 Å². The Morgan fingerprint density at radius 1 is 1.45 bits per heavy atom. The fourth-order valence-electron chi connectivity index (χ4n) is 2.71. The largest absolute Gasteiger partial charge is 0.277 e. The molecule has 2 atom stereocenters. The summed E-state index contributed by atoms with van der Waals surface area (Å²) in [7, 11) is 0. The molecule has 2 unspecified atom stereocenters. The lowest BCUT2D eigenvalue weighted by molar-refractivity contribution is 0.0701. The maximum atomic E-state index is 5.38. The van der Waals surface area contributed by atoms with Crippen molar-refractivity contribution in [1.29, 1.82) is 0 Å². The van der Waals surface area contributed by atoms with Crippen molar-refractivity contribution >= 4 is 12.6 Å². The van der Waals surface area contributed by atoms with E-state index in [0.29, 0.717) is 6.61 Å². The van der Waals surface area contributed by atoms with E-state index in [9.17, 15) is 0 Å². The third kappa shape index (κ3) is 5.92. The maximum Gasteiger partial charge on any atom is 0.0717 e. The second-order valence-electron chi connectivity index (χ2n) is 5.64. The summed E-state index contributed by atoms with van der Waals surface area (Å²) in [6.07, 6.45) is 11.9. The average molecular weight is 298 g/mol. The van der Waals surface area contributed by atoms with Crippen LogP contribution in [0.3, 0.4) is 0 Å². The number of hydrogen-bond acceptors (Lipinski definition) is 3. The summed E-state index contributed by atoms with van der Waals surface area (Å²) in [5.41, 5.74) is 5.83. The van der Waals surface area contributed by atoms with Crippen molar-refractivity contribution < 1.29 is 4.84 Å². The van der Waals surface area contributed by atoms with Crippen LogP contribution in [0.5, 0.6) is 0 Å². The minimum atomic E-state index is 0.701. The van der Waals surface area contributed by atoms with E-state index in [2.05, 4.69) is 44.1 Å². The van der Waals surface area contributed by atoms with Gasteiger partial charge in [0, 0.05) is 5.70 Å². The minimum absolute atomic E-state index is 0.701. The molecule has 1 aliphatic rings. The first-order valence-electron chi connectivity index (χ1n) is 8.13. The van der Waals surface area contributed by atoms with Gasteiger partial charge in [-0.15, -0.1) is 0 Å². The van der Waals surface area contributed by atoms with Gasteiger partial charge in [-0.1, -0.05) is 38.8 Å². The molecule has 1 N–H and O–H groups in total. The fraction of sp³-hybridized carbons (Fsp3) is 0.765. The van der Waals surface area contributed by atoms with Gasteiger partial charge in [-0.3, -0.25) is 10.3 Å². The second-order valence-corrected chi connectivity index (χ2v) is 6.00. The van der Waals surface area contributed by atoms with Crippen molar-refractivity contribution in [3.05, 3.63) is 23.4 Å². The van der Waals surface area contributed by atoms with Gasteiger partial charge in [0.15, 0.2) is 0 Å². The van der Waals surface area contributed by atoms with Gasteiger partial charge in [-0.05, 0) is 55.8 Å². The Balaban J connectivity index is 2.62. The number of hydrogen-bond donors (Lipinski definition) is 2. The number of hydroxylamine groups is 1.